The van der Waals surface area contributed by atoms with Crippen LogP contribution in [0.1, 0.15) is 19.4 Å². The summed E-state index contributed by atoms with van der Waals surface area (Å²) in [6.07, 6.45) is 0. The summed E-state index contributed by atoms with van der Waals surface area (Å²) in [4.78, 5) is 12.3. The number of nitrogens with one attached hydrogen (secondary N) is 1. The first-order valence-electron chi connectivity index (χ1n) is 7.42. The van der Waals surface area contributed by atoms with Gasteiger partial charge < -0.3 is 5.32 Å². The zero-order valence-corrected chi connectivity index (χ0v) is 17.4. The van der Waals surface area contributed by atoms with Gasteiger partial charge in [0.2, 0.25) is 5.91 Å². The number of hydrogen-bond donors (Lipinski definition) is 1. The summed E-state index contributed by atoms with van der Waals surface area (Å²) >= 11 is 12.7. The maximum absolute atomic E-state index is 13.2. The Hall–Kier alpha value is -1.19. The van der Waals surface area contributed by atoms with E-state index in [0.717, 1.165) is 21.7 Å². The van der Waals surface area contributed by atoms with Crippen molar-refractivity contribution < 1.29 is 17.6 Å². The number of sulfonamides is 1. The molecule has 2 aromatic rings. The van der Waals surface area contributed by atoms with E-state index in [1.165, 1.54) is 31.3 Å². The van der Waals surface area contributed by atoms with Crippen molar-refractivity contribution in [1.82, 2.24) is 9.62 Å². The van der Waals surface area contributed by atoms with E-state index < -0.39 is 27.3 Å². The van der Waals surface area contributed by atoms with Gasteiger partial charge in [0.25, 0.3) is 10.0 Å². The second kappa shape index (κ2) is 7.82. The maximum atomic E-state index is 13.2. The van der Waals surface area contributed by atoms with Crippen molar-refractivity contribution in [2.24, 2.45) is 0 Å². The van der Waals surface area contributed by atoms with Gasteiger partial charge in [0.1, 0.15) is 10.0 Å². The molecule has 1 amide bonds. The average molecular weight is 439 g/mol. The van der Waals surface area contributed by atoms with Crippen LogP contribution in [-0.2, 0) is 20.4 Å². The lowest BCUT2D eigenvalue weighted by Crippen LogP contribution is -2.46. The molecule has 2 rings (SSSR count). The van der Waals surface area contributed by atoms with E-state index in [1.807, 2.05) is 0 Å². The van der Waals surface area contributed by atoms with E-state index in [0.29, 0.717) is 9.90 Å². The third-order valence-electron chi connectivity index (χ3n) is 3.64. The zero-order chi connectivity index (χ0) is 19.7. The highest BCUT2D eigenvalue weighted by atomic mass is 35.5. The molecule has 0 unspecified atom stereocenters. The van der Waals surface area contributed by atoms with Crippen molar-refractivity contribution >= 4 is 50.5 Å². The van der Waals surface area contributed by atoms with Crippen LogP contribution in [0.2, 0.25) is 9.36 Å². The maximum Gasteiger partial charge on any atom is 0.252 e. The highest BCUT2D eigenvalue weighted by molar-refractivity contribution is 7.91. The smallest absolute Gasteiger partial charge is 0.252 e. The molecule has 0 fully saturated rings. The summed E-state index contributed by atoms with van der Waals surface area (Å²) < 4.78 is 39.4. The van der Waals surface area contributed by atoms with Gasteiger partial charge in [0.05, 0.1) is 16.4 Å². The summed E-state index contributed by atoms with van der Waals surface area (Å²) in [5, 5.41) is 2.89. The molecule has 1 aromatic heterocycles. The van der Waals surface area contributed by atoms with Gasteiger partial charge in [-0.05, 0) is 43.7 Å². The Morgan fingerprint density at radius 3 is 2.46 bits per heavy atom. The van der Waals surface area contributed by atoms with Crippen molar-refractivity contribution in [1.29, 1.82) is 0 Å². The zero-order valence-electron chi connectivity index (χ0n) is 14.2. The topological polar surface area (TPSA) is 66.5 Å². The van der Waals surface area contributed by atoms with Gasteiger partial charge >= 0.3 is 0 Å². The van der Waals surface area contributed by atoms with E-state index in [1.54, 1.807) is 13.8 Å². The second-order valence-electron chi connectivity index (χ2n) is 6.12. The van der Waals surface area contributed by atoms with Crippen molar-refractivity contribution in [3.8, 4) is 0 Å². The van der Waals surface area contributed by atoms with Crippen molar-refractivity contribution in [3.05, 3.63) is 51.1 Å². The molecule has 0 bridgehead atoms. The first-order valence-corrected chi connectivity index (χ1v) is 10.4. The Bertz CT molecular complexity index is 929. The van der Waals surface area contributed by atoms with E-state index in [2.05, 4.69) is 5.32 Å². The largest absolute Gasteiger partial charge is 0.346 e. The average Bonchev–Trinajstić information content (AvgIpc) is 2.93. The quantitative estimate of drug-likeness (QED) is 0.743. The van der Waals surface area contributed by atoms with Crippen molar-refractivity contribution in [2.45, 2.75) is 23.6 Å². The van der Waals surface area contributed by atoms with E-state index >= 15 is 0 Å². The Labute approximate surface area is 165 Å². The minimum Gasteiger partial charge on any atom is -0.346 e. The molecular weight excluding hydrogens is 422 g/mol. The van der Waals surface area contributed by atoms with E-state index in [4.69, 9.17) is 23.2 Å². The summed E-state index contributed by atoms with van der Waals surface area (Å²) in [6, 6.07) is 6.74. The first-order chi connectivity index (χ1) is 11.9. The molecule has 0 saturated carbocycles. The van der Waals surface area contributed by atoms with Gasteiger partial charge in [-0.2, -0.15) is 4.31 Å². The summed E-state index contributed by atoms with van der Waals surface area (Å²) in [5.74, 6) is -1.01. The molecule has 0 atom stereocenters. The number of amides is 1. The molecule has 0 aliphatic rings. The number of likely N-dealkylation sites (N-methyl/N-ethyl adjacent to an activating group) is 1. The number of carbonyl (C=O) groups is 1. The molecule has 0 spiro atoms. The van der Waals surface area contributed by atoms with Crippen LogP contribution in [0, 0.1) is 5.82 Å². The van der Waals surface area contributed by atoms with Crippen molar-refractivity contribution in [3.63, 3.8) is 0 Å². The Kier molecular flexibility index (Phi) is 6.35. The minimum absolute atomic E-state index is 0.0543. The lowest BCUT2D eigenvalue weighted by atomic mass is 9.94. The number of rotatable bonds is 6. The molecule has 10 heteroatoms. The van der Waals surface area contributed by atoms with Gasteiger partial charge in [0, 0.05) is 12.1 Å². The number of benzene rings is 1. The van der Waals surface area contributed by atoms with Crippen LogP contribution in [-0.4, -0.2) is 32.2 Å². The predicted octanol–water partition coefficient (Wildman–Crippen LogP) is 3.87. The van der Waals surface area contributed by atoms with Crippen LogP contribution >= 0.6 is 34.5 Å². The number of nitrogens with zero attached hydrogens (tertiary/aromatic N) is 1. The summed E-state index contributed by atoms with van der Waals surface area (Å²) in [5.41, 5.74) is -0.400. The summed E-state index contributed by atoms with van der Waals surface area (Å²) in [7, 11) is -2.51. The molecule has 1 aromatic carbocycles. The Morgan fingerprint density at radius 1 is 1.27 bits per heavy atom. The Balaban J connectivity index is 2.12. The third-order valence-corrected chi connectivity index (χ3v) is 7.45. The van der Waals surface area contributed by atoms with Gasteiger partial charge in [-0.1, -0.05) is 29.3 Å². The normalized spacial score (nSPS) is 12.4. The van der Waals surface area contributed by atoms with Gasteiger partial charge in [-0.3, -0.25) is 4.79 Å². The molecule has 1 N–H and O–H groups in total. The molecule has 0 radical (unpaired) electrons. The van der Waals surface area contributed by atoms with E-state index in [-0.39, 0.29) is 15.8 Å². The lowest BCUT2D eigenvalue weighted by molar-refractivity contribution is -0.122. The fourth-order valence-corrected chi connectivity index (χ4v) is 5.55. The highest BCUT2D eigenvalue weighted by Gasteiger charge is 2.29. The van der Waals surface area contributed by atoms with Crippen LogP contribution in [0.5, 0.6) is 0 Å². The van der Waals surface area contributed by atoms with Crippen LogP contribution in [0.4, 0.5) is 4.39 Å². The second-order valence-corrected chi connectivity index (χ2v) is 10.5. The van der Waals surface area contributed by atoms with Crippen LogP contribution in [0.15, 0.2) is 34.5 Å². The number of thiophene rings is 1. The first kappa shape index (κ1) is 21.1. The molecule has 0 aliphatic heterocycles. The molecule has 142 valence electrons. The highest BCUT2D eigenvalue weighted by Crippen LogP contribution is 2.29. The lowest BCUT2D eigenvalue weighted by Gasteiger charge is -2.29. The molecule has 0 aliphatic carbocycles. The minimum atomic E-state index is -3.82. The van der Waals surface area contributed by atoms with Gasteiger partial charge in [-0.25, -0.2) is 12.8 Å². The Morgan fingerprint density at radius 2 is 1.92 bits per heavy atom. The molecule has 5 nitrogen and oxygen atoms in total. The SMILES string of the molecule is CN(CC(=O)NC(C)(C)c1ccc(F)cc1Cl)S(=O)(=O)c1ccc(Cl)s1. The van der Waals surface area contributed by atoms with Crippen molar-refractivity contribution in [2.75, 3.05) is 13.6 Å². The van der Waals surface area contributed by atoms with Crippen LogP contribution < -0.4 is 5.32 Å². The van der Waals surface area contributed by atoms with E-state index in [9.17, 15) is 17.6 Å². The monoisotopic (exact) mass is 438 g/mol. The van der Waals surface area contributed by atoms with Gasteiger partial charge in [-0.15, -0.1) is 11.3 Å². The standard InChI is InChI=1S/C16H17Cl2FN2O3S2/c1-16(2,11-5-4-10(19)8-12(11)17)20-14(22)9-21(3)26(23,24)15-7-6-13(18)25-15/h4-8H,9H2,1-3H3,(H,20,22). The molecule has 1 heterocycles. The number of hydrogen-bond acceptors (Lipinski definition) is 4. The number of carbonyl (C=O) groups excluding carboxylic acids is 1. The van der Waals surface area contributed by atoms with Crippen LogP contribution in [0.25, 0.3) is 0 Å². The molecular formula is C16H17Cl2FN2O3S2. The molecule has 0 saturated heterocycles. The fraction of sp³-hybridized carbons (Fsp3) is 0.312. The van der Waals surface area contributed by atoms with Gasteiger partial charge in [0.15, 0.2) is 0 Å². The molecule has 26 heavy (non-hydrogen) atoms. The predicted molar refractivity (Wildman–Crippen MR) is 102 cm³/mol. The number of halogens is 3. The fourth-order valence-electron chi connectivity index (χ4n) is 2.33. The third kappa shape index (κ3) is 4.75. The van der Waals surface area contributed by atoms with Crippen LogP contribution in [0.3, 0.4) is 0 Å². The summed E-state index contributed by atoms with van der Waals surface area (Å²) in [6.45, 7) is 3.00.